The molecule has 2 aromatic carbocycles. The third-order valence-electron chi connectivity index (χ3n) is 4.73. The fourth-order valence-corrected chi connectivity index (χ4v) is 3.27. The lowest BCUT2D eigenvalue weighted by molar-refractivity contribution is -0.120. The van der Waals surface area contributed by atoms with Gasteiger partial charge in [-0.1, -0.05) is 6.07 Å². The molecule has 5 nitrogen and oxygen atoms in total. The third-order valence-corrected chi connectivity index (χ3v) is 4.73. The van der Waals surface area contributed by atoms with Crippen LogP contribution in [0.4, 0.5) is 10.1 Å². The van der Waals surface area contributed by atoms with E-state index in [4.69, 9.17) is 9.47 Å². The first-order valence-electron chi connectivity index (χ1n) is 9.12. The fraction of sp³-hybridized carbons (Fsp3) is 0.381. The predicted molar refractivity (Wildman–Crippen MR) is 103 cm³/mol. The van der Waals surface area contributed by atoms with E-state index < -0.39 is 5.82 Å². The van der Waals surface area contributed by atoms with Crippen LogP contribution in [-0.2, 0) is 4.79 Å². The molecule has 27 heavy (non-hydrogen) atoms. The Labute approximate surface area is 158 Å². The van der Waals surface area contributed by atoms with Crippen LogP contribution in [0, 0.1) is 18.7 Å². The molecule has 144 valence electrons. The summed E-state index contributed by atoms with van der Waals surface area (Å²) in [6.07, 6.45) is 1.51. The number of ether oxygens (including phenoxy) is 2. The standard InChI is InChI=1S/C21H25FN2O3/c1-13-4-6-19(20(10-13)26-3)27-18-7-5-16(22)12-17(18)24-21(25)15-8-9-23-14(2)11-15/h4-7,10,12,14-15,23H,8-9,11H2,1-3H3,(H,24,25)/t14-,15-/m0/s1. The van der Waals surface area contributed by atoms with Gasteiger partial charge >= 0.3 is 0 Å². The van der Waals surface area contributed by atoms with Gasteiger partial charge in [-0.25, -0.2) is 4.39 Å². The summed E-state index contributed by atoms with van der Waals surface area (Å²) in [4.78, 5) is 12.7. The van der Waals surface area contributed by atoms with E-state index in [2.05, 4.69) is 17.6 Å². The molecular weight excluding hydrogens is 347 g/mol. The zero-order chi connectivity index (χ0) is 19.4. The molecule has 2 atom stereocenters. The molecule has 0 aromatic heterocycles. The number of hydrogen-bond acceptors (Lipinski definition) is 4. The van der Waals surface area contributed by atoms with Gasteiger partial charge in [0.05, 0.1) is 12.8 Å². The van der Waals surface area contributed by atoms with Crippen LogP contribution in [0.5, 0.6) is 17.2 Å². The zero-order valence-electron chi connectivity index (χ0n) is 15.8. The largest absolute Gasteiger partial charge is 0.493 e. The SMILES string of the molecule is COc1cc(C)ccc1Oc1ccc(F)cc1NC(=O)[C@H]1CCN[C@@H](C)C1. The maximum Gasteiger partial charge on any atom is 0.227 e. The number of carbonyl (C=O) groups is 1. The van der Waals surface area contributed by atoms with Crippen LogP contribution >= 0.6 is 0 Å². The average molecular weight is 372 g/mol. The van der Waals surface area contributed by atoms with E-state index in [0.717, 1.165) is 24.9 Å². The molecule has 0 bridgehead atoms. The molecule has 1 heterocycles. The molecule has 0 radical (unpaired) electrons. The summed E-state index contributed by atoms with van der Waals surface area (Å²) in [5.41, 5.74) is 1.35. The number of carbonyl (C=O) groups excluding carboxylic acids is 1. The third kappa shape index (κ3) is 4.77. The van der Waals surface area contributed by atoms with E-state index in [1.807, 2.05) is 19.1 Å². The monoisotopic (exact) mass is 372 g/mol. The lowest BCUT2D eigenvalue weighted by Crippen LogP contribution is -2.40. The van der Waals surface area contributed by atoms with Gasteiger partial charge in [-0.3, -0.25) is 4.79 Å². The number of hydrogen-bond donors (Lipinski definition) is 2. The number of piperidine rings is 1. The van der Waals surface area contributed by atoms with Crippen molar-refractivity contribution in [1.82, 2.24) is 5.32 Å². The highest BCUT2D eigenvalue weighted by Gasteiger charge is 2.25. The molecule has 6 heteroatoms. The van der Waals surface area contributed by atoms with Gasteiger partial charge in [0, 0.05) is 18.0 Å². The van der Waals surface area contributed by atoms with Crippen molar-refractivity contribution in [2.24, 2.45) is 5.92 Å². The summed E-state index contributed by atoms with van der Waals surface area (Å²) in [6.45, 7) is 4.81. The van der Waals surface area contributed by atoms with Crippen molar-refractivity contribution in [3.63, 3.8) is 0 Å². The molecule has 1 fully saturated rings. The van der Waals surface area contributed by atoms with Crippen LogP contribution in [0.1, 0.15) is 25.3 Å². The first-order chi connectivity index (χ1) is 13.0. The van der Waals surface area contributed by atoms with Gasteiger partial charge in [0.1, 0.15) is 5.82 Å². The summed E-state index contributed by atoms with van der Waals surface area (Å²) >= 11 is 0. The van der Waals surface area contributed by atoms with Crippen LogP contribution in [0.3, 0.4) is 0 Å². The molecule has 2 N–H and O–H groups in total. The van der Waals surface area contributed by atoms with Crippen molar-refractivity contribution in [3.8, 4) is 17.2 Å². The Kier molecular flexibility index (Phi) is 5.96. The molecule has 2 aromatic rings. The van der Waals surface area contributed by atoms with Crippen molar-refractivity contribution in [2.75, 3.05) is 19.0 Å². The van der Waals surface area contributed by atoms with Crippen molar-refractivity contribution >= 4 is 11.6 Å². The first kappa shape index (κ1) is 19.2. The van der Waals surface area contributed by atoms with Crippen LogP contribution in [0.25, 0.3) is 0 Å². The maximum absolute atomic E-state index is 13.8. The number of anilines is 1. The lowest BCUT2D eigenvalue weighted by atomic mass is 9.92. The molecule has 1 aliphatic rings. The van der Waals surface area contributed by atoms with E-state index in [0.29, 0.717) is 22.9 Å². The van der Waals surface area contributed by atoms with Crippen molar-refractivity contribution in [3.05, 3.63) is 47.8 Å². The van der Waals surface area contributed by atoms with Gasteiger partial charge in [0.15, 0.2) is 17.2 Å². The molecule has 1 saturated heterocycles. The lowest BCUT2D eigenvalue weighted by Gasteiger charge is -2.27. The molecule has 0 spiro atoms. The van der Waals surface area contributed by atoms with Gasteiger partial charge in [0.25, 0.3) is 0 Å². The minimum atomic E-state index is -0.438. The Morgan fingerprint density at radius 3 is 2.70 bits per heavy atom. The highest BCUT2D eigenvalue weighted by Crippen LogP contribution is 2.36. The summed E-state index contributed by atoms with van der Waals surface area (Å²) < 4.78 is 25.1. The van der Waals surface area contributed by atoms with E-state index in [-0.39, 0.29) is 17.9 Å². The molecule has 0 aliphatic carbocycles. The van der Waals surface area contributed by atoms with Crippen molar-refractivity contribution < 1.29 is 18.7 Å². The van der Waals surface area contributed by atoms with Crippen molar-refractivity contribution in [1.29, 1.82) is 0 Å². The second-order valence-electron chi connectivity index (χ2n) is 6.96. The maximum atomic E-state index is 13.8. The number of aryl methyl sites for hydroxylation is 1. The Balaban J connectivity index is 1.82. The Hall–Kier alpha value is -2.60. The number of benzene rings is 2. The number of halogens is 1. The number of methoxy groups -OCH3 is 1. The highest BCUT2D eigenvalue weighted by molar-refractivity contribution is 5.94. The number of amides is 1. The molecule has 1 aliphatic heterocycles. The minimum Gasteiger partial charge on any atom is -0.493 e. The average Bonchev–Trinajstić information content (AvgIpc) is 2.65. The van der Waals surface area contributed by atoms with E-state index in [9.17, 15) is 9.18 Å². The Morgan fingerprint density at radius 2 is 1.96 bits per heavy atom. The minimum absolute atomic E-state index is 0.105. The molecule has 0 saturated carbocycles. The van der Waals surface area contributed by atoms with Gasteiger partial charge in [-0.05, 0) is 63.1 Å². The predicted octanol–water partition coefficient (Wildman–Crippen LogP) is 4.26. The van der Waals surface area contributed by atoms with Crippen LogP contribution < -0.4 is 20.1 Å². The summed E-state index contributed by atoms with van der Waals surface area (Å²) in [5.74, 6) is 0.784. The summed E-state index contributed by atoms with van der Waals surface area (Å²) in [5, 5.41) is 6.16. The Bertz CT molecular complexity index is 825. The molecular formula is C21H25FN2O3. The molecule has 3 rings (SSSR count). The van der Waals surface area contributed by atoms with E-state index in [1.165, 1.54) is 18.2 Å². The van der Waals surface area contributed by atoms with Gasteiger partial charge < -0.3 is 20.1 Å². The highest BCUT2D eigenvalue weighted by atomic mass is 19.1. The summed E-state index contributed by atoms with van der Waals surface area (Å²) in [7, 11) is 1.56. The van der Waals surface area contributed by atoms with E-state index in [1.54, 1.807) is 13.2 Å². The topological polar surface area (TPSA) is 59.6 Å². The van der Waals surface area contributed by atoms with Gasteiger partial charge in [-0.2, -0.15) is 0 Å². The van der Waals surface area contributed by atoms with Gasteiger partial charge in [-0.15, -0.1) is 0 Å². The smallest absolute Gasteiger partial charge is 0.227 e. The second-order valence-corrected chi connectivity index (χ2v) is 6.96. The zero-order valence-corrected chi connectivity index (χ0v) is 15.8. The summed E-state index contributed by atoms with van der Waals surface area (Å²) in [6, 6.07) is 9.92. The number of rotatable bonds is 5. The quantitative estimate of drug-likeness (QED) is 0.823. The van der Waals surface area contributed by atoms with Gasteiger partial charge in [0.2, 0.25) is 5.91 Å². The molecule has 0 unspecified atom stereocenters. The normalized spacial score (nSPS) is 19.4. The Morgan fingerprint density at radius 1 is 1.19 bits per heavy atom. The number of nitrogens with one attached hydrogen (secondary N) is 2. The van der Waals surface area contributed by atoms with Crippen LogP contribution in [0.15, 0.2) is 36.4 Å². The first-order valence-corrected chi connectivity index (χ1v) is 9.12. The van der Waals surface area contributed by atoms with Crippen LogP contribution in [0.2, 0.25) is 0 Å². The van der Waals surface area contributed by atoms with Crippen LogP contribution in [-0.4, -0.2) is 25.6 Å². The van der Waals surface area contributed by atoms with Crippen molar-refractivity contribution in [2.45, 2.75) is 32.7 Å². The van der Waals surface area contributed by atoms with E-state index >= 15 is 0 Å². The molecule has 1 amide bonds. The fourth-order valence-electron chi connectivity index (χ4n) is 3.27. The second kappa shape index (κ2) is 8.39.